The maximum atomic E-state index is 13.6. The topological polar surface area (TPSA) is 97.0 Å². The summed E-state index contributed by atoms with van der Waals surface area (Å²) >= 11 is 0. The number of rotatable bonds is 3. The highest BCUT2D eigenvalue weighted by molar-refractivity contribution is 6.05. The van der Waals surface area contributed by atoms with Crippen molar-refractivity contribution < 1.29 is 28.2 Å². The van der Waals surface area contributed by atoms with Gasteiger partial charge in [-0.15, -0.1) is 0 Å². The minimum Gasteiger partial charge on any atom is -0.462 e. The summed E-state index contributed by atoms with van der Waals surface area (Å²) in [5.41, 5.74) is 2.56. The Kier molecular flexibility index (Phi) is 5.05. The number of nitrogens with zero attached hydrogens (tertiary/aromatic N) is 1. The minimum atomic E-state index is -0.827. The number of benzene rings is 2. The van der Waals surface area contributed by atoms with E-state index in [9.17, 15) is 18.8 Å². The van der Waals surface area contributed by atoms with Crippen molar-refractivity contribution in [1.29, 1.82) is 0 Å². The molecular formula is C23H22FN3O5. The number of piperidine rings is 1. The lowest BCUT2D eigenvalue weighted by atomic mass is 9.98. The third-order valence-corrected chi connectivity index (χ3v) is 6.12. The van der Waals surface area contributed by atoms with Crippen LogP contribution in [-0.2, 0) is 20.9 Å². The van der Waals surface area contributed by atoms with Crippen LogP contribution in [0.4, 0.5) is 9.18 Å². The molecular weight excluding hydrogens is 417 g/mol. The molecule has 2 aromatic rings. The highest BCUT2D eigenvalue weighted by Crippen LogP contribution is 2.39. The van der Waals surface area contributed by atoms with E-state index in [4.69, 9.17) is 9.47 Å². The van der Waals surface area contributed by atoms with Crippen LogP contribution in [-0.4, -0.2) is 47.7 Å². The van der Waals surface area contributed by atoms with Gasteiger partial charge in [-0.25, -0.2) is 9.18 Å². The number of carbonyl (C=O) groups excluding carboxylic acids is 3. The summed E-state index contributed by atoms with van der Waals surface area (Å²) in [4.78, 5) is 37.1. The molecule has 1 spiro atoms. The van der Waals surface area contributed by atoms with Crippen molar-refractivity contribution in [2.75, 3.05) is 13.1 Å². The van der Waals surface area contributed by atoms with Gasteiger partial charge in [0.25, 0.3) is 5.91 Å². The second-order valence-electron chi connectivity index (χ2n) is 8.23. The van der Waals surface area contributed by atoms with Crippen LogP contribution in [0.5, 0.6) is 5.75 Å². The molecule has 166 valence electrons. The first-order valence-corrected chi connectivity index (χ1v) is 10.5. The molecule has 0 aliphatic carbocycles. The van der Waals surface area contributed by atoms with Gasteiger partial charge in [-0.2, -0.15) is 0 Å². The molecule has 3 heterocycles. The average molecular weight is 439 g/mol. The van der Waals surface area contributed by atoms with Crippen molar-refractivity contribution >= 4 is 17.8 Å². The molecule has 0 aromatic heterocycles. The monoisotopic (exact) mass is 439 g/mol. The molecule has 32 heavy (non-hydrogen) atoms. The number of ether oxygens (including phenoxy) is 2. The van der Waals surface area contributed by atoms with Gasteiger partial charge in [0.2, 0.25) is 11.7 Å². The second-order valence-corrected chi connectivity index (χ2v) is 8.23. The number of hydrogen-bond acceptors (Lipinski definition) is 5. The Balaban J connectivity index is 1.22. The van der Waals surface area contributed by atoms with Gasteiger partial charge >= 0.3 is 6.03 Å². The maximum Gasteiger partial charge on any atom is 0.322 e. The predicted octanol–water partition coefficient (Wildman–Crippen LogP) is 2.32. The fraction of sp³-hybridized carbons (Fsp3) is 0.348. The molecule has 3 aliphatic heterocycles. The summed E-state index contributed by atoms with van der Waals surface area (Å²) in [5, 5.41) is 4.57. The summed E-state index contributed by atoms with van der Waals surface area (Å²) < 4.78 is 25.9. The highest BCUT2D eigenvalue weighted by atomic mass is 19.1. The van der Waals surface area contributed by atoms with Crippen molar-refractivity contribution in [2.45, 2.75) is 37.7 Å². The van der Waals surface area contributed by atoms with Gasteiger partial charge in [-0.05, 0) is 35.4 Å². The molecule has 5 rings (SSSR count). The lowest BCUT2D eigenvalue weighted by molar-refractivity contribution is -0.227. The Labute approximate surface area is 183 Å². The van der Waals surface area contributed by atoms with Crippen LogP contribution in [0.3, 0.4) is 0 Å². The number of carbonyl (C=O) groups is 3. The summed E-state index contributed by atoms with van der Waals surface area (Å²) in [6.07, 6.45) is 0.915. The Morgan fingerprint density at radius 2 is 1.91 bits per heavy atom. The Bertz CT molecular complexity index is 1100. The van der Waals surface area contributed by atoms with Gasteiger partial charge < -0.3 is 19.7 Å². The highest BCUT2D eigenvalue weighted by Gasteiger charge is 2.42. The number of hydrogen-bond donors (Lipinski definition) is 2. The molecule has 1 unspecified atom stereocenters. The van der Waals surface area contributed by atoms with E-state index >= 15 is 0 Å². The first kappa shape index (κ1) is 20.4. The summed E-state index contributed by atoms with van der Waals surface area (Å²) in [6, 6.07) is 10.7. The smallest absolute Gasteiger partial charge is 0.322 e. The zero-order valence-corrected chi connectivity index (χ0v) is 17.2. The minimum absolute atomic E-state index is 0.0715. The number of imide groups is 1. The summed E-state index contributed by atoms with van der Waals surface area (Å²) in [6.45, 7) is 1.22. The molecule has 2 saturated heterocycles. The zero-order chi connectivity index (χ0) is 22.3. The molecule has 3 aliphatic rings. The van der Waals surface area contributed by atoms with Crippen molar-refractivity contribution in [2.24, 2.45) is 0 Å². The third-order valence-electron chi connectivity index (χ3n) is 6.12. The lowest BCUT2D eigenvalue weighted by Crippen LogP contribution is -2.53. The molecule has 1 atom stereocenters. The quantitative estimate of drug-likeness (QED) is 0.716. The van der Waals surface area contributed by atoms with Crippen LogP contribution in [0.2, 0.25) is 0 Å². The molecule has 0 radical (unpaired) electrons. The molecule has 4 amide bonds. The maximum absolute atomic E-state index is 13.6. The zero-order valence-electron chi connectivity index (χ0n) is 17.2. The van der Waals surface area contributed by atoms with Crippen LogP contribution < -0.4 is 15.4 Å². The predicted molar refractivity (Wildman–Crippen MR) is 111 cm³/mol. The van der Waals surface area contributed by atoms with Crippen LogP contribution in [0.1, 0.15) is 24.8 Å². The molecule has 9 heteroatoms. The largest absolute Gasteiger partial charge is 0.462 e. The average Bonchev–Trinajstić information content (AvgIpc) is 3.10. The van der Waals surface area contributed by atoms with E-state index in [2.05, 4.69) is 10.6 Å². The first-order valence-electron chi connectivity index (χ1n) is 10.5. The van der Waals surface area contributed by atoms with Crippen LogP contribution in [0.15, 0.2) is 42.5 Å². The lowest BCUT2D eigenvalue weighted by Gasteiger charge is -2.44. The van der Waals surface area contributed by atoms with E-state index in [1.54, 1.807) is 11.0 Å². The van der Waals surface area contributed by atoms with Crippen molar-refractivity contribution in [3.05, 3.63) is 53.8 Å². The second kappa shape index (κ2) is 7.90. The number of amides is 4. The number of urea groups is 1. The first-order chi connectivity index (χ1) is 15.4. The van der Waals surface area contributed by atoms with E-state index in [-0.39, 0.29) is 18.1 Å². The molecule has 2 aromatic carbocycles. The van der Waals surface area contributed by atoms with Crippen LogP contribution >= 0.6 is 0 Å². The van der Waals surface area contributed by atoms with Gasteiger partial charge in [-0.3, -0.25) is 14.9 Å². The molecule has 0 bridgehead atoms. The molecule has 2 fully saturated rings. The van der Waals surface area contributed by atoms with Crippen LogP contribution in [0.25, 0.3) is 11.1 Å². The van der Waals surface area contributed by atoms with Crippen LogP contribution in [0, 0.1) is 5.82 Å². The fourth-order valence-electron chi connectivity index (χ4n) is 4.33. The van der Waals surface area contributed by atoms with E-state index in [1.165, 1.54) is 12.1 Å². The van der Waals surface area contributed by atoms with E-state index in [0.717, 1.165) is 22.4 Å². The SMILES string of the molecule is O=C1NC(=O)C(CC(=O)N2CCC3(CC2)OCc2cc(-c4cccc(F)c4)ccc2O3)N1. The van der Waals surface area contributed by atoms with Crippen molar-refractivity contribution in [1.82, 2.24) is 15.5 Å². The summed E-state index contributed by atoms with van der Waals surface area (Å²) in [5.74, 6) is -1.04. The van der Waals surface area contributed by atoms with Crippen molar-refractivity contribution in [3.8, 4) is 16.9 Å². The number of likely N-dealkylation sites (tertiary alicyclic amines) is 1. The molecule has 0 saturated carbocycles. The van der Waals surface area contributed by atoms with E-state index in [0.29, 0.717) is 32.5 Å². The standard InChI is InChI=1S/C23H22FN3O5/c24-17-3-1-2-14(11-17)15-4-5-19-16(10-15)13-31-23(32-19)6-8-27(9-7-23)20(28)12-18-21(29)26-22(30)25-18/h1-5,10-11,18H,6-9,12-13H2,(H2,25,26,29,30). The van der Waals surface area contributed by atoms with Crippen molar-refractivity contribution in [3.63, 3.8) is 0 Å². The van der Waals surface area contributed by atoms with Gasteiger partial charge in [0, 0.05) is 31.5 Å². The Morgan fingerprint density at radius 1 is 1.12 bits per heavy atom. The molecule has 2 N–H and O–H groups in total. The molecule has 8 nitrogen and oxygen atoms in total. The van der Waals surface area contributed by atoms with Gasteiger partial charge in [-0.1, -0.05) is 18.2 Å². The van der Waals surface area contributed by atoms with Gasteiger partial charge in [0.15, 0.2) is 0 Å². The number of halogens is 1. The third kappa shape index (κ3) is 3.91. The normalized spacial score (nSPS) is 21.5. The van der Waals surface area contributed by atoms with E-state index in [1.807, 2.05) is 24.3 Å². The van der Waals surface area contributed by atoms with Gasteiger partial charge in [0.1, 0.15) is 17.6 Å². The number of fused-ring (bicyclic) bond motifs is 1. The fourth-order valence-corrected chi connectivity index (χ4v) is 4.33. The summed E-state index contributed by atoms with van der Waals surface area (Å²) in [7, 11) is 0. The Morgan fingerprint density at radius 3 is 2.62 bits per heavy atom. The van der Waals surface area contributed by atoms with E-state index < -0.39 is 23.8 Å². The Hall–Kier alpha value is -3.46. The van der Waals surface area contributed by atoms with Gasteiger partial charge in [0.05, 0.1) is 13.0 Å². The number of nitrogens with one attached hydrogen (secondary N) is 2.